The van der Waals surface area contributed by atoms with Crippen LogP contribution in [0.2, 0.25) is 0 Å². The lowest BCUT2D eigenvalue weighted by Crippen LogP contribution is -2.74. The second kappa shape index (κ2) is 8.86. The number of urea groups is 1. The van der Waals surface area contributed by atoms with Crippen molar-refractivity contribution < 1.29 is 9.59 Å². The Bertz CT molecular complexity index is 736. The molecule has 7 heteroatoms. The van der Waals surface area contributed by atoms with Crippen LogP contribution in [0.1, 0.15) is 37.7 Å². The molecule has 4 N–H and O–H groups in total. The maximum atomic E-state index is 12.9. The Morgan fingerprint density at radius 2 is 2.00 bits per heavy atom. The summed E-state index contributed by atoms with van der Waals surface area (Å²) in [5, 5.41) is 13.1. The number of carbonyl (C=O) groups is 2. The lowest BCUT2D eigenvalue weighted by atomic mass is 9.97. The summed E-state index contributed by atoms with van der Waals surface area (Å²) in [4.78, 5) is 26.7. The Hall–Kier alpha value is -2.22. The smallest absolute Gasteiger partial charge is 0.321 e. The topological polar surface area (TPSA) is 85.5 Å². The number of rotatable bonds is 6. The number of amides is 3. The van der Waals surface area contributed by atoms with E-state index in [1.165, 1.54) is 36.2 Å². The standard InChI is InChI=1S/C21H29N5O2/c27-19-17-13-23-20(22-12-11-15-7-3-1-4-8-15)24-18(17)25-21(28)26(19)14-16-9-5-2-6-10-16/h2,5-7,9-10,17-18,20,22-24H,1,3-4,8,11-14H2,(H,25,28). The number of hydrogen-bond donors (Lipinski definition) is 4. The van der Waals surface area contributed by atoms with Crippen molar-refractivity contribution in [3.05, 3.63) is 47.5 Å². The largest absolute Gasteiger partial charge is 0.325 e. The van der Waals surface area contributed by atoms with Crippen LogP contribution in [0.25, 0.3) is 0 Å². The van der Waals surface area contributed by atoms with Gasteiger partial charge in [0, 0.05) is 13.1 Å². The highest BCUT2D eigenvalue weighted by Gasteiger charge is 2.43. The number of allylic oxidation sites excluding steroid dienone is 1. The van der Waals surface area contributed by atoms with E-state index < -0.39 is 0 Å². The highest BCUT2D eigenvalue weighted by Crippen LogP contribution is 2.20. The summed E-state index contributed by atoms with van der Waals surface area (Å²) in [6.07, 6.45) is 7.96. The Morgan fingerprint density at radius 1 is 1.14 bits per heavy atom. The second-order valence-corrected chi connectivity index (χ2v) is 7.76. The van der Waals surface area contributed by atoms with Gasteiger partial charge in [0.25, 0.3) is 0 Å². The fraction of sp³-hybridized carbons (Fsp3) is 0.524. The van der Waals surface area contributed by atoms with E-state index in [9.17, 15) is 9.59 Å². The Labute approximate surface area is 165 Å². The van der Waals surface area contributed by atoms with Gasteiger partial charge in [-0.05, 0) is 37.7 Å². The lowest BCUT2D eigenvalue weighted by Gasteiger charge is -2.43. The number of imide groups is 1. The van der Waals surface area contributed by atoms with Crippen LogP contribution in [0.3, 0.4) is 0 Å². The fourth-order valence-electron chi connectivity index (χ4n) is 4.16. The minimum absolute atomic E-state index is 0.112. The van der Waals surface area contributed by atoms with Gasteiger partial charge in [-0.15, -0.1) is 0 Å². The van der Waals surface area contributed by atoms with Gasteiger partial charge in [0.15, 0.2) is 0 Å². The van der Waals surface area contributed by atoms with Gasteiger partial charge in [0.1, 0.15) is 6.29 Å². The minimum Gasteiger partial charge on any atom is -0.321 e. The molecule has 0 saturated carbocycles. The summed E-state index contributed by atoms with van der Waals surface area (Å²) in [5.74, 6) is -0.441. The SMILES string of the molecule is O=C1NC2NC(NCCC3=CCCCC3)NCC2C(=O)N1Cc1ccccc1. The number of benzene rings is 1. The summed E-state index contributed by atoms with van der Waals surface area (Å²) in [5.41, 5.74) is 2.47. The van der Waals surface area contributed by atoms with Crippen LogP contribution >= 0.6 is 0 Å². The van der Waals surface area contributed by atoms with Crippen molar-refractivity contribution in [2.45, 2.75) is 51.1 Å². The molecule has 0 spiro atoms. The van der Waals surface area contributed by atoms with E-state index in [1.54, 1.807) is 0 Å². The number of nitrogens with one attached hydrogen (secondary N) is 4. The third-order valence-corrected chi connectivity index (χ3v) is 5.76. The van der Waals surface area contributed by atoms with Gasteiger partial charge in [-0.3, -0.25) is 25.6 Å². The maximum Gasteiger partial charge on any atom is 0.325 e. The van der Waals surface area contributed by atoms with E-state index in [0.717, 1.165) is 18.5 Å². The number of carbonyl (C=O) groups excluding carboxylic acids is 2. The molecule has 3 amide bonds. The van der Waals surface area contributed by atoms with Crippen molar-refractivity contribution in [2.24, 2.45) is 5.92 Å². The molecule has 2 fully saturated rings. The molecule has 28 heavy (non-hydrogen) atoms. The van der Waals surface area contributed by atoms with Crippen molar-refractivity contribution >= 4 is 11.9 Å². The third kappa shape index (κ3) is 4.43. The van der Waals surface area contributed by atoms with Crippen LogP contribution in [0.15, 0.2) is 42.0 Å². The van der Waals surface area contributed by atoms with Crippen molar-refractivity contribution in [1.29, 1.82) is 0 Å². The van der Waals surface area contributed by atoms with Crippen molar-refractivity contribution in [3.63, 3.8) is 0 Å². The molecule has 7 nitrogen and oxygen atoms in total. The Balaban J connectivity index is 1.29. The van der Waals surface area contributed by atoms with Crippen LogP contribution in [0.5, 0.6) is 0 Å². The van der Waals surface area contributed by atoms with E-state index in [2.05, 4.69) is 27.3 Å². The van der Waals surface area contributed by atoms with E-state index in [-0.39, 0.29) is 30.3 Å². The molecule has 3 atom stereocenters. The van der Waals surface area contributed by atoms with Crippen LogP contribution in [0.4, 0.5) is 4.79 Å². The molecule has 1 aromatic carbocycles. The van der Waals surface area contributed by atoms with Crippen LogP contribution in [0, 0.1) is 5.92 Å². The van der Waals surface area contributed by atoms with Gasteiger partial charge in [-0.1, -0.05) is 42.0 Å². The molecule has 0 radical (unpaired) electrons. The zero-order chi connectivity index (χ0) is 19.3. The molecule has 2 heterocycles. The van der Waals surface area contributed by atoms with E-state index >= 15 is 0 Å². The first-order chi connectivity index (χ1) is 13.7. The Morgan fingerprint density at radius 3 is 2.79 bits per heavy atom. The minimum atomic E-state index is -0.348. The van der Waals surface area contributed by atoms with E-state index in [4.69, 9.17) is 0 Å². The first-order valence-corrected chi connectivity index (χ1v) is 10.3. The van der Waals surface area contributed by atoms with Crippen LogP contribution < -0.4 is 21.3 Å². The van der Waals surface area contributed by atoms with Crippen molar-refractivity contribution in [3.8, 4) is 0 Å². The third-order valence-electron chi connectivity index (χ3n) is 5.76. The summed E-state index contributed by atoms with van der Waals surface area (Å²) >= 11 is 0. The molecule has 4 rings (SSSR count). The van der Waals surface area contributed by atoms with Crippen molar-refractivity contribution in [2.75, 3.05) is 13.1 Å². The zero-order valence-corrected chi connectivity index (χ0v) is 16.1. The molecule has 3 unspecified atom stereocenters. The molecule has 150 valence electrons. The molecular weight excluding hydrogens is 354 g/mol. The highest BCUT2D eigenvalue weighted by atomic mass is 16.2. The maximum absolute atomic E-state index is 12.9. The number of nitrogens with zero attached hydrogens (tertiary/aromatic N) is 1. The average Bonchev–Trinajstić information content (AvgIpc) is 2.72. The number of hydrogen-bond acceptors (Lipinski definition) is 5. The monoisotopic (exact) mass is 383 g/mol. The van der Waals surface area contributed by atoms with Gasteiger partial charge in [-0.25, -0.2) is 4.79 Å². The van der Waals surface area contributed by atoms with Gasteiger partial charge < -0.3 is 5.32 Å². The summed E-state index contributed by atoms with van der Waals surface area (Å²) in [6, 6.07) is 9.25. The first-order valence-electron chi connectivity index (χ1n) is 10.3. The summed E-state index contributed by atoms with van der Waals surface area (Å²) < 4.78 is 0. The van der Waals surface area contributed by atoms with E-state index in [0.29, 0.717) is 13.1 Å². The predicted molar refractivity (Wildman–Crippen MR) is 107 cm³/mol. The predicted octanol–water partition coefficient (Wildman–Crippen LogP) is 1.64. The van der Waals surface area contributed by atoms with Gasteiger partial charge >= 0.3 is 6.03 Å². The van der Waals surface area contributed by atoms with Crippen LogP contribution in [-0.2, 0) is 11.3 Å². The van der Waals surface area contributed by atoms with E-state index in [1.807, 2.05) is 30.3 Å². The lowest BCUT2D eigenvalue weighted by molar-refractivity contribution is -0.137. The average molecular weight is 383 g/mol. The fourth-order valence-corrected chi connectivity index (χ4v) is 4.16. The Kier molecular flexibility index (Phi) is 6.04. The van der Waals surface area contributed by atoms with Crippen LogP contribution in [-0.4, -0.2) is 42.4 Å². The van der Waals surface area contributed by atoms with Gasteiger partial charge in [-0.2, -0.15) is 0 Å². The van der Waals surface area contributed by atoms with Gasteiger partial charge in [0.2, 0.25) is 5.91 Å². The molecule has 2 saturated heterocycles. The highest BCUT2D eigenvalue weighted by molar-refractivity contribution is 5.98. The second-order valence-electron chi connectivity index (χ2n) is 7.76. The van der Waals surface area contributed by atoms with Gasteiger partial charge in [0.05, 0.1) is 18.6 Å². The molecule has 0 aromatic heterocycles. The first kappa shape index (κ1) is 19.1. The quantitative estimate of drug-likeness (QED) is 0.561. The molecule has 3 aliphatic rings. The summed E-state index contributed by atoms with van der Waals surface area (Å²) in [7, 11) is 0. The molecule has 1 aliphatic carbocycles. The normalized spacial score (nSPS) is 27.8. The molecular formula is C21H29N5O2. The van der Waals surface area contributed by atoms with Crippen molar-refractivity contribution in [1.82, 2.24) is 26.2 Å². The molecule has 2 aliphatic heterocycles. The number of fused-ring (bicyclic) bond motifs is 1. The summed E-state index contributed by atoms with van der Waals surface area (Å²) in [6.45, 7) is 1.70. The molecule has 1 aromatic rings. The zero-order valence-electron chi connectivity index (χ0n) is 16.1. The molecule has 0 bridgehead atoms.